The van der Waals surface area contributed by atoms with E-state index in [1.165, 1.54) is 36.4 Å². The lowest BCUT2D eigenvalue weighted by Crippen LogP contribution is -2.15. The van der Waals surface area contributed by atoms with Crippen molar-refractivity contribution in [1.29, 1.82) is 0 Å². The van der Waals surface area contributed by atoms with Crippen molar-refractivity contribution in [3.63, 3.8) is 0 Å². The SMILES string of the molecule is CCOC(=O)c1ccc(NC(=O)c2ccc(NS(=O)(=O)c3ccc(C)cc3)c(C)c2)cc1Cl. The normalized spacial score (nSPS) is 11.0. The quantitative estimate of drug-likeness (QED) is 0.448. The van der Waals surface area contributed by atoms with Gasteiger partial charge in [0.25, 0.3) is 15.9 Å². The zero-order chi connectivity index (χ0) is 24.2. The molecule has 0 aliphatic rings. The number of ether oxygens (including phenoxy) is 1. The molecule has 33 heavy (non-hydrogen) atoms. The number of aryl methyl sites for hydroxylation is 2. The van der Waals surface area contributed by atoms with Gasteiger partial charge in [-0.05, 0) is 74.9 Å². The average Bonchev–Trinajstić information content (AvgIpc) is 2.75. The van der Waals surface area contributed by atoms with E-state index in [1.807, 2.05) is 6.92 Å². The van der Waals surface area contributed by atoms with E-state index in [0.29, 0.717) is 22.5 Å². The van der Waals surface area contributed by atoms with Gasteiger partial charge in [-0.1, -0.05) is 29.3 Å². The molecule has 0 aliphatic heterocycles. The number of sulfonamides is 1. The van der Waals surface area contributed by atoms with E-state index in [2.05, 4.69) is 10.0 Å². The van der Waals surface area contributed by atoms with Crippen molar-refractivity contribution in [2.24, 2.45) is 0 Å². The van der Waals surface area contributed by atoms with Crippen LogP contribution in [0.5, 0.6) is 0 Å². The fourth-order valence-corrected chi connectivity index (χ4v) is 4.40. The minimum atomic E-state index is -3.76. The highest BCUT2D eigenvalue weighted by atomic mass is 35.5. The standard InChI is InChI=1S/C24H23ClN2O5S/c1-4-32-24(29)20-11-8-18(14-21(20)25)26-23(28)17-7-12-22(16(3)13-17)27-33(30,31)19-9-5-15(2)6-10-19/h5-14,27H,4H2,1-3H3,(H,26,28). The summed E-state index contributed by atoms with van der Waals surface area (Å²) in [5.41, 5.74) is 2.84. The van der Waals surface area contributed by atoms with Crippen molar-refractivity contribution >= 4 is 44.9 Å². The van der Waals surface area contributed by atoms with Gasteiger partial charge in [0, 0.05) is 11.3 Å². The van der Waals surface area contributed by atoms with Crippen LogP contribution in [-0.4, -0.2) is 26.9 Å². The van der Waals surface area contributed by atoms with Crippen LogP contribution in [0.2, 0.25) is 5.02 Å². The topological polar surface area (TPSA) is 102 Å². The van der Waals surface area contributed by atoms with Crippen molar-refractivity contribution in [2.75, 3.05) is 16.6 Å². The van der Waals surface area contributed by atoms with Gasteiger partial charge in [-0.3, -0.25) is 9.52 Å². The second kappa shape index (κ2) is 10.1. The van der Waals surface area contributed by atoms with Crippen LogP contribution >= 0.6 is 11.6 Å². The number of hydrogen-bond acceptors (Lipinski definition) is 5. The molecule has 0 radical (unpaired) electrons. The number of nitrogens with one attached hydrogen (secondary N) is 2. The van der Waals surface area contributed by atoms with Crippen molar-refractivity contribution in [2.45, 2.75) is 25.7 Å². The van der Waals surface area contributed by atoms with Gasteiger partial charge in [0.15, 0.2) is 0 Å². The highest BCUT2D eigenvalue weighted by molar-refractivity contribution is 7.92. The Balaban J connectivity index is 1.74. The Bertz CT molecular complexity index is 1300. The summed E-state index contributed by atoms with van der Waals surface area (Å²) >= 11 is 6.14. The largest absolute Gasteiger partial charge is 0.462 e. The van der Waals surface area contributed by atoms with Gasteiger partial charge in [-0.25, -0.2) is 13.2 Å². The molecule has 0 saturated heterocycles. The van der Waals surface area contributed by atoms with Crippen LogP contribution in [0.4, 0.5) is 11.4 Å². The molecule has 3 aromatic carbocycles. The number of hydrogen-bond donors (Lipinski definition) is 2. The van der Waals surface area contributed by atoms with Gasteiger partial charge in [0.05, 0.1) is 27.8 Å². The Hall–Kier alpha value is -3.36. The summed E-state index contributed by atoms with van der Waals surface area (Å²) in [5.74, 6) is -0.953. The molecule has 1 amide bonds. The molecule has 3 aromatic rings. The van der Waals surface area contributed by atoms with E-state index in [4.69, 9.17) is 16.3 Å². The van der Waals surface area contributed by atoms with Crippen molar-refractivity contribution in [3.05, 3.63) is 87.9 Å². The molecular formula is C24H23ClN2O5S. The average molecular weight is 487 g/mol. The summed E-state index contributed by atoms with van der Waals surface area (Å²) in [4.78, 5) is 24.7. The van der Waals surface area contributed by atoms with Crippen LogP contribution in [0.3, 0.4) is 0 Å². The maximum atomic E-state index is 12.7. The number of benzene rings is 3. The predicted molar refractivity (Wildman–Crippen MR) is 129 cm³/mol. The highest BCUT2D eigenvalue weighted by Gasteiger charge is 2.17. The Morgan fingerprint density at radius 3 is 2.27 bits per heavy atom. The van der Waals surface area contributed by atoms with Crippen LogP contribution in [0.1, 0.15) is 38.8 Å². The van der Waals surface area contributed by atoms with Crippen LogP contribution in [-0.2, 0) is 14.8 Å². The fraction of sp³-hybridized carbons (Fsp3) is 0.167. The number of amides is 1. The van der Waals surface area contributed by atoms with E-state index >= 15 is 0 Å². The summed E-state index contributed by atoms with van der Waals surface area (Å²) in [6.07, 6.45) is 0. The molecule has 2 N–H and O–H groups in total. The molecule has 0 bridgehead atoms. The van der Waals surface area contributed by atoms with Crippen LogP contribution < -0.4 is 10.0 Å². The van der Waals surface area contributed by atoms with Crippen molar-refractivity contribution in [1.82, 2.24) is 0 Å². The number of anilines is 2. The zero-order valence-electron chi connectivity index (χ0n) is 18.3. The number of esters is 1. The van der Waals surface area contributed by atoms with E-state index in [9.17, 15) is 18.0 Å². The van der Waals surface area contributed by atoms with E-state index in [0.717, 1.165) is 5.56 Å². The van der Waals surface area contributed by atoms with Gasteiger partial charge in [-0.2, -0.15) is 0 Å². The van der Waals surface area contributed by atoms with Crippen molar-refractivity contribution < 1.29 is 22.7 Å². The third kappa shape index (κ3) is 5.91. The van der Waals surface area contributed by atoms with Gasteiger partial charge in [-0.15, -0.1) is 0 Å². The second-order valence-electron chi connectivity index (χ2n) is 7.32. The van der Waals surface area contributed by atoms with Crippen LogP contribution in [0, 0.1) is 13.8 Å². The molecule has 9 heteroatoms. The smallest absolute Gasteiger partial charge is 0.339 e. The lowest BCUT2D eigenvalue weighted by Gasteiger charge is -2.13. The van der Waals surface area contributed by atoms with Crippen LogP contribution in [0.25, 0.3) is 0 Å². The van der Waals surface area contributed by atoms with Gasteiger partial charge < -0.3 is 10.1 Å². The molecule has 0 aliphatic carbocycles. The van der Waals surface area contributed by atoms with E-state index in [1.54, 1.807) is 38.1 Å². The molecule has 0 atom stereocenters. The van der Waals surface area contributed by atoms with Gasteiger partial charge in [0.1, 0.15) is 0 Å². The Labute approximate surface area is 197 Å². The number of halogens is 1. The maximum Gasteiger partial charge on any atom is 0.339 e. The molecule has 3 rings (SSSR count). The van der Waals surface area contributed by atoms with Crippen molar-refractivity contribution in [3.8, 4) is 0 Å². The monoisotopic (exact) mass is 486 g/mol. The lowest BCUT2D eigenvalue weighted by atomic mass is 10.1. The maximum absolute atomic E-state index is 12.7. The van der Waals surface area contributed by atoms with E-state index < -0.39 is 21.9 Å². The molecule has 0 spiro atoms. The first-order valence-electron chi connectivity index (χ1n) is 10.1. The zero-order valence-corrected chi connectivity index (χ0v) is 19.9. The number of carbonyl (C=O) groups excluding carboxylic acids is 2. The fourth-order valence-electron chi connectivity index (χ4n) is 3.01. The molecule has 0 saturated carbocycles. The minimum Gasteiger partial charge on any atom is -0.462 e. The summed E-state index contributed by atoms with van der Waals surface area (Å²) in [7, 11) is -3.76. The highest BCUT2D eigenvalue weighted by Crippen LogP contribution is 2.24. The molecule has 0 aromatic heterocycles. The molecule has 7 nitrogen and oxygen atoms in total. The van der Waals surface area contributed by atoms with Gasteiger partial charge >= 0.3 is 5.97 Å². The summed E-state index contributed by atoms with van der Waals surface area (Å²) in [6, 6.07) is 15.6. The lowest BCUT2D eigenvalue weighted by molar-refractivity contribution is 0.0526. The summed E-state index contributed by atoms with van der Waals surface area (Å²) in [5, 5.41) is 2.86. The first-order valence-corrected chi connectivity index (χ1v) is 11.9. The third-order valence-electron chi connectivity index (χ3n) is 4.79. The second-order valence-corrected chi connectivity index (χ2v) is 9.41. The van der Waals surface area contributed by atoms with E-state index in [-0.39, 0.29) is 22.1 Å². The van der Waals surface area contributed by atoms with Gasteiger partial charge in [0.2, 0.25) is 0 Å². The minimum absolute atomic E-state index is 0.150. The molecule has 0 fully saturated rings. The molecule has 172 valence electrons. The summed E-state index contributed by atoms with van der Waals surface area (Å²) < 4.78 is 32.8. The number of carbonyl (C=O) groups is 2. The summed E-state index contributed by atoms with van der Waals surface area (Å²) in [6.45, 7) is 5.50. The Kier molecular flexibility index (Phi) is 7.40. The first-order chi connectivity index (χ1) is 15.6. The van der Waals surface area contributed by atoms with Crippen LogP contribution in [0.15, 0.2) is 65.6 Å². The molecular weight excluding hydrogens is 464 g/mol. The predicted octanol–water partition coefficient (Wildman–Crippen LogP) is 5.19. The number of rotatable bonds is 7. The molecule has 0 unspecified atom stereocenters. The molecule has 0 heterocycles. The Morgan fingerprint density at radius 2 is 1.67 bits per heavy atom. The third-order valence-corrected chi connectivity index (χ3v) is 6.48. The Morgan fingerprint density at radius 1 is 0.970 bits per heavy atom. The first kappa shape index (κ1) is 24.3.